The highest BCUT2D eigenvalue weighted by Crippen LogP contribution is 2.31. The van der Waals surface area contributed by atoms with Crippen LogP contribution in [0.25, 0.3) is 0 Å². The molecule has 0 heterocycles. The van der Waals surface area contributed by atoms with Crippen molar-refractivity contribution < 1.29 is 5.11 Å². The summed E-state index contributed by atoms with van der Waals surface area (Å²) in [6, 6.07) is 15.6. The monoisotopic (exact) mass is 305 g/mol. The lowest BCUT2D eigenvalue weighted by Crippen LogP contribution is -2.10. The number of phenolic OH excluding ortho intramolecular Hbond substituents is 1. The maximum Gasteiger partial charge on any atom is 0.120 e. The molecule has 1 atom stereocenters. The van der Waals surface area contributed by atoms with E-state index in [1.54, 1.807) is 6.07 Å². The molecular weight excluding hydrogens is 290 g/mol. The van der Waals surface area contributed by atoms with E-state index in [9.17, 15) is 5.11 Å². The van der Waals surface area contributed by atoms with Crippen LogP contribution in [0.2, 0.25) is 0 Å². The fourth-order valence-electron chi connectivity index (χ4n) is 1.95. The summed E-state index contributed by atoms with van der Waals surface area (Å²) in [5.74, 6) is 0.337. The molecule has 94 valence electrons. The first-order chi connectivity index (χ1) is 8.72. The number of para-hydroxylation sites is 2. The van der Waals surface area contributed by atoms with E-state index in [-0.39, 0.29) is 6.04 Å². The summed E-state index contributed by atoms with van der Waals surface area (Å²) in [6.07, 6.45) is 0.902. The molecule has 0 radical (unpaired) electrons. The highest BCUT2D eigenvalue weighted by atomic mass is 79.9. The third-order valence-corrected chi connectivity index (χ3v) is 3.62. The van der Waals surface area contributed by atoms with Crippen LogP contribution in [0.15, 0.2) is 53.0 Å². The second-order valence-corrected chi connectivity index (χ2v) is 5.00. The molecule has 18 heavy (non-hydrogen) atoms. The smallest absolute Gasteiger partial charge is 0.120 e. The summed E-state index contributed by atoms with van der Waals surface area (Å²) in [4.78, 5) is 0. The van der Waals surface area contributed by atoms with Gasteiger partial charge in [0.15, 0.2) is 0 Å². The number of nitrogens with one attached hydrogen (secondary N) is 1. The van der Waals surface area contributed by atoms with Gasteiger partial charge in [0, 0.05) is 15.7 Å². The zero-order valence-electron chi connectivity index (χ0n) is 10.2. The molecule has 0 aliphatic rings. The molecule has 0 saturated heterocycles. The second kappa shape index (κ2) is 5.91. The molecule has 0 aliphatic heterocycles. The number of anilines is 1. The predicted octanol–water partition coefficient (Wildman–Crippen LogP) is 4.72. The van der Waals surface area contributed by atoms with Crippen LogP contribution in [0.4, 0.5) is 5.69 Å². The molecule has 0 amide bonds. The van der Waals surface area contributed by atoms with E-state index >= 15 is 0 Å². The Morgan fingerprint density at radius 2 is 1.78 bits per heavy atom. The van der Waals surface area contributed by atoms with Crippen molar-refractivity contribution in [3.8, 4) is 5.75 Å². The summed E-state index contributed by atoms with van der Waals surface area (Å²) in [6.45, 7) is 2.10. The zero-order chi connectivity index (χ0) is 13.0. The van der Waals surface area contributed by atoms with E-state index in [1.165, 1.54) is 0 Å². The number of hydrogen-bond acceptors (Lipinski definition) is 2. The Morgan fingerprint density at radius 1 is 1.11 bits per heavy atom. The molecule has 2 rings (SSSR count). The van der Waals surface area contributed by atoms with Gasteiger partial charge in [-0.3, -0.25) is 0 Å². The van der Waals surface area contributed by atoms with Crippen molar-refractivity contribution in [2.75, 3.05) is 5.32 Å². The Balaban J connectivity index is 2.26. The average molecular weight is 306 g/mol. The van der Waals surface area contributed by atoms with Crippen molar-refractivity contribution >= 4 is 21.6 Å². The molecule has 2 aromatic carbocycles. The maximum absolute atomic E-state index is 9.91. The lowest BCUT2D eigenvalue weighted by molar-refractivity contribution is 0.463. The Morgan fingerprint density at radius 3 is 2.44 bits per heavy atom. The molecule has 0 aromatic heterocycles. The summed E-state index contributed by atoms with van der Waals surface area (Å²) < 4.78 is 1.03. The zero-order valence-corrected chi connectivity index (χ0v) is 11.8. The molecule has 0 fully saturated rings. The highest BCUT2D eigenvalue weighted by Gasteiger charge is 2.13. The molecule has 0 aliphatic carbocycles. The largest absolute Gasteiger partial charge is 0.508 e. The average Bonchev–Trinajstić information content (AvgIpc) is 2.39. The van der Waals surface area contributed by atoms with Gasteiger partial charge in [0.25, 0.3) is 0 Å². The Hall–Kier alpha value is -1.48. The fraction of sp³-hybridized carbons (Fsp3) is 0.200. The van der Waals surface area contributed by atoms with Gasteiger partial charge in [0.1, 0.15) is 5.75 Å². The second-order valence-electron chi connectivity index (χ2n) is 4.14. The first-order valence-electron chi connectivity index (χ1n) is 6.01. The van der Waals surface area contributed by atoms with Crippen LogP contribution in [-0.2, 0) is 0 Å². The van der Waals surface area contributed by atoms with Crippen LogP contribution in [0.1, 0.15) is 24.9 Å². The number of benzene rings is 2. The van der Waals surface area contributed by atoms with Gasteiger partial charge in [-0.1, -0.05) is 37.3 Å². The van der Waals surface area contributed by atoms with Gasteiger partial charge >= 0.3 is 0 Å². The summed E-state index contributed by atoms with van der Waals surface area (Å²) >= 11 is 3.52. The van der Waals surface area contributed by atoms with Crippen molar-refractivity contribution in [3.63, 3.8) is 0 Å². The van der Waals surface area contributed by atoms with Crippen molar-refractivity contribution in [2.45, 2.75) is 19.4 Å². The van der Waals surface area contributed by atoms with E-state index in [0.717, 1.165) is 22.1 Å². The fourth-order valence-corrected chi connectivity index (χ4v) is 2.35. The van der Waals surface area contributed by atoms with Crippen LogP contribution in [0.3, 0.4) is 0 Å². The van der Waals surface area contributed by atoms with Crippen LogP contribution >= 0.6 is 15.9 Å². The Labute approximate surface area is 116 Å². The SMILES string of the molecule is CCC(Nc1ccccc1Br)c1ccccc1O. The van der Waals surface area contributed by atoms with Crippen molar-refractivity contribution in [1.82, 2.24) is 0 Å². The van der Waals surface area contributed by atoms with E-state index < -0.39 is 0 Å². The van der Waals surface area contributed by atoms with Crippen molar-refractivity contribution in [2.24, 2.45) is 0 Å². The molecule has 3 heteroatoms. The van der Waals surface area contributed by atoms with Gasteiger partial charge in [0.05, 0.1) is 6.04 Å². The Kier molecular flexibility index (Phi) is 4.26. The topological polar surface area (TPSA) is 32.3 Å². The Bertz CT molecular complexity index is 527. The van der Waals surface area contributed by atoms with Gasteiger partial charge in [-0.2, -0.15) is 0 Å². The maximum atomic E-state index is 9.91. The molecular formula is C15H16BrNO. The minimum atomic E-state index is 0.102. The van der Waals surface area contributed by atoms with Gasteiger partial charge in [-0.05, 0) is 40.5 Å². The van der Waals surface area contributed by atoms with Crippen molar-refractivity contribution in [1.29, 1.82) is 0 Å². The predicted molar refractivity (Wildman–Crippen MR) is 78.9 cm³/mol. The molecule has 2 nitrogen and oxygen atoms in total. The molecule has 0 spiro atoms. The molecule has 0 saturated carbocycles. The summed E-state index contributed by atoms with van der Waals surface area (Å²) in [7, 11) is 0. The summed E-state index contributed by atoms with van der Waals surface area (Å²) in [5.41, 5.74) is 1.96. The van der Waals surface area contributed by atoms with Crippen LogP contribution in [0.5, 0.6) is 5.75 Å². The number of phenols is 1. The minimum Gasteiger partial charge on any atom is -0.508 e. The minimum absolute atomic E-state index is 0.102. The third-order valence-electron chi connectivity index (χ3n) is 2.92. The normalized spacial score (nSPS) is 12.1. The van der Waals surface area contributed by atoms with Gasteiger partial charge in [-0.15, -0.1) is 0 Å². The third kappa shape index (κ3) is 2.85. The summed E-state index contributed by atoms with van der Waals surface area (Å²) in [5, 5.41) is 13.4. The number of aromatic hydroxyl groups is 1. The van der Waals surface area contributed by atoms with Crippen LogP contribution < -0.4 is 5.32 Å². The molecule has 1 unspecified atom stereocenters. The first kappa shape index (κ1) is 13.0. The molecule has 2 aromatic rings. The van der Waals surface area contributed by atoms with E-state index in [4.69, 9.17) is 0 Å². The number of halogens is 1. The first-order valence-corrected chi connectivity index (χ1v) is 6.80. The van der Waals surface area contributed by atoms with Crippen LogP contribution in [-0.4, -0.2) is 5.11 Å². The van der Waals surface area contributed by atoms with Gasteiger partial charge in [-0.25, -0.2) is 0 Å². The quantitative estimate of drug-likeness (QED) is 0.857. The van der Waals surface area contributed by atoms with Crippen LogP contribution in [0, 0.1) is 0 Å². The van der Waals surface area contributed by atoms with E-state index in [1.807, 2.05) is 42.5 Å². The number of rotatable bonds is 4. The standard InChI is InChI=1S/C15H16BrNO/c1-2-13(11-7-3-6-10-15(11)18)17-14-9-5-4-8-12(14)16/h3-10,13,17-18H,2H2,1H3. The van der Waals surface area contributed by atoms with Gasteiger partial charge in [0.2, 0.25) is 0 Å². The number of hydrogen-bond donors (Lipinski definition) is 2. The van der Waals surface area contributed by atoms with Gasteiger partial charge < -0.3 is 10.4 Å². The lowest BCUT2D eigenvalue weighted by atomic mass is 10.0. The van der Waals surface area contributed by atoms with E-state index in [0.29, 0.717) is 5.75 Å². The molecule has 2 N–H and O–H groups in total. The van der Waals surface area contributed by atoms with Crippen molar-refractivity contribution in [3.05, 3.63) is 58.6 Å². The lowest BCUT2D eigenvalue weighted by Gasteiger charge is -2.20. The molecule has 0 bridgehead atoms. The van der Waals surface area contributed by atoms with E-state index in [2.05, 4.69) is 28.2 Å². The highest BCUT2D eigenvalue weighted by molar-refractivity contribution is 9.10.